The Bertz CT molecular complexity index is 637. The van der Waals surface area contributed by atoms with Gasteiger partial charge in [0, 0.05) is 34.9 Å². The molecule has 4 heteroatoms. The van der Waals surface area contributed by atoms with Crippen LogP contribution in [-0.4, -0.2) is 29.9 Å². The van der Waals surface area contributed by atoms with Crippen LogP contribution in [0.2, 0.25) is 0 Å². The van der Waals surface area contributed by atoms with E-state index in [9.17, 15) is 4.79 Å². The number of carbonyl (C=O) groups excluding carboxylic acids is 1. The third-order valence-electron chi connectivity index (χ3n) is 4.00. The lowest BCUT2D eigenvalue weighted by atomic mass is 10.0. The van der Waals surface area contributed by atoms with Crippen LogP contribution in [0.5, 0.6) is 0 Å². The number of nitrogens with zero attached hydrogens (tertiary/aromatic N) is 1. The van der Waals surface area contributed by atoms with Gasteiger partial charge in [0.05, 0.1) is 0 Å². The summed E-state index contributed by atoms with van der Waals surface area (Å²) in [6, 6.07) is 18.2. The molecule has 114 valence electrons. The van der Waals surface area contributed by atoms with Crippen molar-refractivity contribution in [1.29, 1.82) is 0 Å². The van der Waals surface area contributed by atoms with E-state index in [0.29, 0.717) is 6.04 Å². The van der Waals surface area contributed by atoms with E-state index in [1.54, 1.807) is 0 Å². The van der Waals surface area contributed by atoms with Crippen LogP contribution in [0.3, 0.4) is 0 Å². The predicted octanol–water partition coefficient (Wildman–Crippen LogP) is 4.17. The van der Waals surface area contributed by atoms with Crippen LogP contribution in [0.4, 0.5) is 5.69 Å². The Morgan fingerprint density at radius 2 is 1.77 bits per heavy atom. The maximum Gasteiger partial charge on any atom is 0.253 e. The number of hydrogen-bond donors (Lipinski definition) is 1. The second-order valence-corrected chi connectivity index (χ2v) is 6.50. The Hall–Kier alpha value is -1.81. The Balaban J connectivity index is 1.55. The van der Waals surface area contributed by atoms with Gasteiger partial charge in [0.15, 0.2) is 0 Å². The van der Waals surface area contributed by atoms with Crippen molar-refractivity contribution in [2.75, 3.05) is 18.4 Å². The fourth-order valence-electron chi connectivity index (χ4n) is 2.80. The normalized spacial score (nSPS) is 15.6. The summed E-state index contributed by atoms with van der Waals surface area (Å²) in [7, 11) is 0. The largest absolute Gasteiger partial charge is 0.382 e. The minimum Gasteiger partial charge on any atom is -0.382 e. The van der Waals surface area contributed by atoms with Crippen LogP contribution < -0.4 is 5.32 Å². The van der Waals surface area contributed by atoms with Crippen molar-refractivity contribution in [2.45, 2.75) is 18.9 Å². The molecule has 0 radical (unpaired) electrons. The Morgan fingerprint density at radius 3 is 2.45 bits per heavy atom. The highest BCUT2D eigenvalue weighted by Gasteiger charge is 2.23. The number of amides is 1. The van der Waals surface area contributed by atoms with Gasteiger partial charge in [-0.25, -0.2) is 0 Å². The second-order valence-electron chi connectivity index (χ2n) is 5.59. The number of piperidine rings is 1. The molecule has 1 amide bonds. The van der Waals surface area contributed by atoms with Gasteiger partial charge in [0.25, 0.3) is 5.91 Å². The number of likely N-dealkylation sites (tertiary alicyclic amines) is 1. The average Bonchev–Trinajstić information content (AvgIpc) is 2.56. The summed E-state index contributed by atoms with van der Waals surface area (Å²) < 4.78 is 1.08. The first kappa shape index (κ1) is 15.1. The summed E-state index contributed by atoms with van der Waals surface area (Å²) in [5.41, 5.74) is 1.91. The first-order chi connectivity index (χ1) is 10.7. The average molecular weight is 359 g/mol. The molecule has 0 aliphatic carbocycles. The molecular weight excluding hydrogens is 340 g/mol. The first-order valence-electron chi connectivity index (χ1n) is 7.59. The fourth-order valence-corrected chi connectivity index (χ4v) is 3.20. The van der Waals surface area contributed by atoms with Crippen LogP contribution in [0.15, 0.2) is 59.1 Å². The summed E-state index contributed by atoms with van der Waals surface area (Å²) >= 11 is 3.49. The van der Waals surface area contributed by atoms with Gasteiger partial charge in [-0.1, -0.05) is 40.2 Å². The Kier molecular flexibility index (Phi) is 4.78. The maximum absolute atomic E-state index is 12.4. The Morgan fingerprint density at radius 1 is 1.05 bits per heavy atom. The molecule has 1 heterocycles. The molecule has 2 aromatic rings. The van der Waals surface area contributed by atoms with Gasteiger partial charge in [-0.2, -0.15) is 0 Å². The number of halogens is 1. The standard InChI is InChI=1S/C18H19BrN2O/c19-15-7-4-8-17(13-15)20-16-9-11-21(12-10-16)18(22)14-5-2-1-3-6-14/h1-8,13,16,20H,9-12H2. The van der Waals surface area contributed by atoms with Crippen LogP contribution in [0.1, 0.15) is 23.2 Å². The maximum atomic E-state index is 12.4. The van der Waals surface area contributed by atoms with Crippen molar-refractivity contribution in [2.24, 2.45) is 0 Å². The molecule has 22 heavy (non-hydrogen) atoms. The van der Waals surface area contributed by atoms with E-state index in [1.165, 1.54) is 0 Å². The van der Waals surface area contributed by atoms with E-state index in [1.807, 2.05) is 47.4 Å². The van der Waals surface area contributed by atoms with Gasteiger partial charge in [0.1, 0.15) is 0 Å². The number of benzene rings is 2. The smallest absolute Gasteiger partial charge is 0.253 e. The van der Waals surface area contributed by atoms with Gasteiger partial charge < -0.3 is 10.2 Å². The van der Waals surface area contributed by atoms with Gasteiger partial charge in [-0.3, -0.25) is 4.79 Å². The molecule has 1 aliphatic rings. The van der Waals surface area contributed by atoms with E-state index >= 15 is 0 Å². The van der Waals surface area contributed by atoms with E-state index in [4.69, 9.17) is 0 Å². The van der Waals surface area contributed by atoms with Gasteiger partial charge in [-0.05, 0) is 43.2 Å². The highest BCUT2D eigenvalue weighted by Crippen LogP contribution is 2.21. The highest BCUT2D eigenvalue weighted by molar-refractivity contribution is 9.10. The number of hydrogen-bond acceptors (Lipinski definition) is 2. The first-order valence-corrected chi connectivity index (χ1v) is 8.38. The number of rotatable bonds is 3. The highest BCUT2D eigenvalue weighted by atomic mass is 79.9. The molecule has 1 fully saturated rings. The van der Waals surface area contributed by atoms with Crippen molar-refractivity contribution in [3.63, 3.8) is 0 Å². The van der Waals surface area contributed by atoms with E-state index < -0.39 is 0 Å². The summed E-state index contributed by atoms with van der Waals surface area (Å²) in [5.74, 6) is 0.140. The SMILES string of the molecule is O=C(c1ccccc1)N1CCC(Nc2cccc(Br)c2)CC1. The predicted molar refractivity (Wildman–Crippen MR) is 93.1 cm³/mol. The lowest BCUT2D eigenvalue weighted by molar-refractivity contribution is 0.0718. The molecule has 0 atom stereocenters. The zero-order valence-electron chi connectivity index (χ0n) is 12.3. The molecule has 0 unspecified atom stereocenters. The minimum absolute atomic E-state index is 0.140. The summed E-state index contributed by atoms with van der Waals surface area (Å²) in [4.78, 5) is 14.4. The van der Waals surface area contributed by atoms with Gasteiger partial charge in [-0.15, -0.1) is 0 Å². The number of carbonyl (C=O) groups is 1. The van der Waals surface area contributed by atoms with Crippen molar-refractivity contribution < 1.29 is 4.79 Å². The molecule has 2 aromatic carbocycles. The summed E-state index contributed by atoms with van der Waals surface area (Å²) in [6.45, 7) is 1.61. The van der Waals surface area contributed by atoms with Gasteiger partial charge >= 0.3 is 0 Å². The molecule has 3 rings (SSSR count). The molecule has 3 nitrogen and oxygen atoms in total. The molecule has 1 aliphatic heterocycles. The summed E-state index contributed by atoms with van der Waals surface area (Å²) in [6.07, 6.45) is 1.95. The van der Waals surface area contributed by atoms with Crippen LogP contribution in [-0.2, 0) is 0 Å². The zero-order valence-corrected chi connectivity index (χ0v) is 13.9. The van der Waals surface area contributed by atoms with Crippen molar-refractivity contribution >= 4 is 27.5 Å². The van der Waals surface area contributed by atoms with E-state index in [-0.39, 0.29) is 5.91 Å². The third kappa shape index (κ3) is 3.69. The molecule has 0 spiro atoms. The number of anilines is 1. The summed E-state index contributed by atoms with van der Waals surface area (Å²) in [5, 5.41) is 3.55. The van der Waals surface area contributed by atoms with Crippen molar-refractivity contribution in [1.82, 2.24) is 4.90 Å². The van der Waals surface area contributed by atoms with Crippen molar-refractivity contribution in [3.8, 4) is 0 Å². The molecule has 1 N–H and O–H groups in total. The Labute approximate surface area is 139 Å². The van der Waals surface area contributed by atoms with Crippen LogP contribution in [0, 0.1) is 0 Å². The monoisotopic (exact) mass is 358 g/mol. The van der Waals surface area contributed by atoms with Crippen LogP contribution >= 0.6 is 15.9 Å². The van der Waals surface area contributed by atoms with Crippen molar-refractivity contribution in [3.05, 3.63) is 64.6 Å². The topological polar surface area (TPSA) is 32.3 Å². The molecule has 0 saturated carbocycles. The third-order valence-corrected chi connectivity index (χ3v) is 4.49. The van der Waals surface area contributed by atoms with Crippen LogP contribution in [0.25, 0.3) is 0 Å². The molecule has 1 saturated heterocycles. The zero-order chi connectivity index (χ0) is 15.4. The molecule has 0 bridgehead atoms. The van der Waals surface area contributed by atoms with E-state index in [2.05, 4.69) is 33.4 Å². The molecule has 0 aromatic heterocycles. The van der Waals surface area contributed by atoms with E-state index in [0.717, 1.165) is 41.7 Å². The lowest BCUT2D eigenvalue weighted by Crippen LogP contribution is -2.42. The molecular formula is C18H19BrN2O. The number of nitrogens with one attached hydrogen (secondary N) is 1. The lowest BCUT2D eigenvalue weighted by Gasteiger charge is -2.33. The fraction of sp³-hybridized carbons (Fsp3) is 0.278. The second kappa shape index (κ2) is 6.97. The minimum atomic E-state index is 0.140. The quantitative estimate of drug-likeness (QED) is 0.892. The van der Waals surface area contributed by atoms with Gasteiger partial charge in [0.2, 0.25) is 0 Å².